The number of hydrogen-bond donors (Lipinski definition) is 3. The van der Waals surface area contributed by atoms with E-state index in [2.05, 4.69) is 20.9 Å². The van der Waals surface area contributed by atoms with Crippen LogP contribution in [0.3, 0.4) is 0 Å². The molecule has 0 aromatic heterocycles. The lowest BCUT2D eigenvalue weighted by Gasteiger charge is -2.20. The lowest BCUT2D eigenvalue weighted by molar-refractivity contribution is -0.137. The van der Waals surface area contributed by atoms with Crippen molar-refractivity contribution in [3.05, 3.63) is 35.4 Å². The van der Waals surface area contributed by atoms with E-state index in [1.54, 1.807) is 6.92 Å². The van der Waals surface area contributed by atoms with Crippen LogP contribution in [0.25, 0.3) is 0 Å². The lowest BCUT2D eigenvalue weighted by Crippen LogP contribution is -2.48. The van der Waals surface area contributed by atoms with Crippen molar-refractivity contribution in [3.63, 3.8) is 0 Å². The molecular weight excluding hydrogens is 373 g/mol. The number of carbonyl (C=O) groups excluding carboxylic acids is 1. The van der Waals surface area contributed by atoms with E-state index >= 15 is 0 Å². The zero-order valence-corrected chi connectivity index (χ0v) is 16.1. The maximum absolute atomic E-state index is 12.6. The van der Waals surface area contributed by atoms with Crippen LogP contribution in [0.2, 0.25) is 0 Å². The number of alkyl carbamates (subject to hydrolysis) is 1. The van der Waals surface area contributed by atoms with Gasteiger partial charge in [0.15, 0.2) is 5.96 Å². The molecule has 156 valence electrons. The van der Waals surface area contributed by atoms with E-state index < -0.39 is 17.8 Å². The zero-order valence-electron chi connectivity index (χ0n) is 16.1. The number of alkyl halides is 3. The third-order valence-electron chi connectivity index (χ3n) is 4.30. The molecule has 1 aliphatic rings. The van der Waals surface area contributed by atoms with E-state index in [0.717, 1.165) is 25.0 Å². The Morgan fingerprint density at radius 1 is 1.21 bits per heavy atom. The van der Waals surface area contributed by atoms with Gasteiger partial charge in [-0.3, -0.25) is 0 Å². The fourth-order valence-corrected chi connectivity index (χ4v) is 2.68. The van der Waals surface area contributed by atoms with Crippen LogP contribution in [-0.4, -0.2) is 37.8 Å². The molecule has 0 saturated heterocycles. The van der Waals surface area contributed by atoms with E-state index in [-0.39, 0.29) is 12.6 Å². The van der Waals surface area contributed by atoms with Crippen molar-refractivity contribution in [2.75, 3.05) is 19.7 Å². The van der Waals surface area contributed by atoms with Crippen molar-refractivity contribution in [3.8, 4) is 0 Å². The number of rotatable bonds is 8. The van der Waals surface area contributed by atoms with E-state index in [0.29, 0.717) is 37.1 Å². The first-order valence-electron chi connectivity index (χ1n) is 9.45. The molecule has 0 heterocycles. The van der Waals surface area contributed by atoms with E-state index in [9.17, 15) is 18.0 Å². The van der Waals surface area contributed by atoms with Crippen LogP contribution < -0.4 is 16.0 Å². The van der Waals surface area contributed by atoms with Crippen LogP contribution in [0.4, 0.5) is 18.0 Å². The van der Waals surface area contributed by atoms with Gasteiger partial charge in [0.05, 0.1) is 24.8 Å². The maximum Gasteiger partial charge on any atom is 0.416 e. The van der Waals surface area contributed by atoms with Crippen LogP contribution in [0, 0.1) is 5.92 Å². The van der Waals surface area contributed by atoms with E-state index in [1.807, 2.05) is 6.92 Å². The smallest absolute Gasteiger partial charge is 0.416 e. The molecule has 1 saturated carbocycles. The number of aliphatic imine (C=N–C) groups is 1. The minimum atomic E-state index is -4.35. The molecule has 3 N–H and O–H groups in total. The third kappa shape index (κ3) is 7.28. The van der Waals surface area contributed by atoms with Crippen LogP contribution in [0.15, 0.2) is 29.3 Å². The molecule has 1 unspecified atom stereocenters. The zero-order chi connectivity index (χ0) is 20.6. The predicted molar refractivity (Wildman–Crippen MR) is 101 cm³/mol. The second-order valence-corrected chi connectivity index (χ2v) is 6.58. The topological polar surface area (TPSA) is 74.8 Å². The summed E-state index contributed by atoms with van der Waals surface area (Å²) in [5.41, 5.74) is -0.00355. The first kappa shape index (κ1) is 21.8. The largest absolute Gasteiger partial charge is 0.450 e. The molecule has 1 aromatic rings. The number of halogens is 3. The number of benzene rings is 1. The van der Waals surface area contributed by atoms with Gasteiger partial charge in [0.2, 0.25) is 0 Å². The fourth-order valence-electron chi connectivity index (χ4n) is 2.68. The Kier molecular flexibility index (Phi) is 7.95. The molecule has 2 rings (SSSR count). The van der Waals surface area contributed by atoms with E-state index in [4.69, 9.17) is 4.74 Å². The van der Waals surface area contributed by atoms with Crippen LogP contribution in [0.5, 0.6) is 0 Å². The van der Waals surface area contributed by atoms with Gasteiger partial charge in [-0.1, -0.05) is 12.1 Å². The number of nitrogens with one attached hydrogen (secondary N) is 3. The van der Waals surface area contributed by atoms with E-state index in [1.165, 1.54) is 12.1 Å². The van der Waals surface area contributed by atoms with Gasteiger partial charge in [0, 0.05) is 13.1 Å². The SMILES string of the molecule is CCNC(=NCc1ccc(C(F)(F)F)cc1)NCC(NC(=O)OCC)C1CC1. The summed E-state index contributed by atoms with van der Waals surface area (Å²) in [7, 11) is 0. The molecule has 6 nitrogen and oxygen atoms in total. The molecule has 1 aromatic carbocycles. The molecule has 9 heteroatoms. The van der Waals surface area contributed by atoms with Gasteiger partial charge in [-0.2, -0.15) is 13.2 Å². The molecule has 28 heavy (non-hydrogen) atoms. The molecule has 0 aliphatic heterocycles. The number of hydrogen-bond acceptors (Lipinski definition) is 3. The summed E-state index contributed by atoms with van der Waals surface area (Å²) in [6.45, 7) is 5.35. The first-order valence-corrected chi connectivity index (χ1v) is 9.45. The molecule has 0 bridgehead atoms. The molecule has 1 atom stereocenters. The molecule has 1 aliphatic carbocycles. The van der Waals surface area contributed by atoms with Crippen LogP contribution in [-0.2, 0) is 17.5 Å². The maximum atomic E-state index is 12.6. The highest BCUT2D eigenvalue weighted by molar-refractivity contribution is 5.79. The summed E-state index contributed by atoms with van der Waals surface area (Å²) in [6, 6.07) is 4.89. The highest BCUT2D eigenvalue weighted by Gasteiger charge is 2.32. The Hall–Kier alpha value is -2.45. The summed E-state index contributed by atoms with van der Waals surface area (Å²) in [6.07, 6.45) is -2.68. The Labute approximate surface area is 162 Å². The molecular formula is C19H27F3N4O2. The number of carbonyl (C=O) groups is 1. The minimum Gasteiger partial charge on any atom is -0.450 e. The van der Waals surface area contributed by atoms with Crippen molar-refractivity contribution in [2.24, 2.45) is 10.9 Å². The van der Waals surface area contributed by atoms with Gasteiger partial charge >= 0.3 is 12.3 Å². The number of ether oxygens (including phenoxy) is 1. The standard InChI is InChI=1S/C19H27F3N4O2/c1-3-23-17(24-11-13-5-9-15(10-6-13)19(20,21)22)25-12-16(14-7-8-14)26-18(27)28-4-2/h5-6,9-10,14,16H,3-4,7-8,11-12H2,1-2H3,(H,26,27)(H2,23,24,25). The van der Waals surface area contributed by atoms with Crippen molar-refractivity contribution < 1.29 is 22.7 Å². The van der Waals surface area contributed by atoms with Crippen LogP contribution in [0.1, 0.15) is 37.8 Å². The van der Waals surface area contributed by atoms with Gasteiger partial charge < -0.3 is 20.7 Å². The second-order valence-electron chi connectivity index (χ2n) is 6.58. The summed E-state index contributed by atoms with van der Waals surface area (Å²) in [4.78, 5) is 16.1. The Balaban J connectivity index is 1.92. The third-order valence-corrected chi connectivity index (χ3v) is 4.30. The van der Waals surface area contributed by atoms with Gasteiger partial charge in [-0.15, -0.1) is 0 Å². The monoisotopic (exact) mass is 400 g/mol. The number of amides is 1. The van der Waals surface area contributed by atoms with Gasteiger partial charge in [0.25, 0.3) is 0 Å². The molecule has 1 fully saturated rings. The number of guanidine groups is 1. The highest BCUT2D eigenvalue weighted by atomic mass is 19.4. The van der Waals surface area contributed by atoms with Gasteiger partial charge in [-0.25, -0.2) is 9.79 Å². The highest BCUT2D eigenvalue weighted by Crippen LogP contribution is 2.32. The van der Waals surface area contributed by atoms with Crippen molar-refractivity contribution in [1.82, 2.24) is 16.0 Å². The summed E-state index contributed by atoms with van der Waals surface area (Å²) in [5.74, 6) is 0.952. The lowest BCUT2D eigenvalue weighted by atomic mass is 10.1. The second kappa shape index (κ2) is 10.2. The normalized spacial score (nSPS) is 15.7. The average molecular weight is 400 g/mol. The summed E-state index contributed by atoms with van der Waals surface area (Å²) >= 11 is 0. The van der Waals surface area contributed by atoms with Crippen molar-refractivity contribution in [1.29, 1.82) is 0 Å². The first-order chi connectivity index (χ1) is 13.3. The van der Waals surface area contributed by atoms with Gasteiger partial charge in [-0.05, 0) is 50.3 Å². The Morgan fingerprint density at radius 3 is 2.43 bits per heavy atom. The summed E-state index contributed by atoms with van der Waals surface area (Å²) in [5, 5.41) is 9.14. The molecule has 1 amide bonds. The quantitative estimate of drug-likeness (QED) is 0.462. The Morgan fingerprint density at radius 2 is 1.89 bits per heavy atom. The predicted octanol–water partition coefficient (Wildman–Crippen LogP) is 3.29. The van der Waals surface area contributed by atoms with Gasteiger partial charge in [0.1, 0.15) is 0 Å². The minimum absolute atomic E-state index is 0.0611. The van der Waals surface area contributed by atoms with Crippen molar-refractivity contribution >= 4 is 12.1 Å². The van der Waals surface area contributed by atoms with Crippen molar-refractivity contribution in [2.45, 2.75) is 45.5 Å². The molecule has 0 spiro atoms. The van der Waals surface area contributed by atoms with Crippen LogP contribution >= 0.6 is 0 Å². The Bertz CT molecular complexity index is 658. The fraction of sp³-hybridized carbons (Fsp3) is 0.579. The molecule has 0 radical (unpaired) electrons. The average Bonchev–Trinajstić information content (AvgIpc) is 3.48. The summed E-state index contributed by atoms with van der Waals surface area (Å²) < 4.78 is 42.8. The number of nitrogens with zero attached hydrogens (tertiary/aromatic N) is 1.